The fourth-order valence-corrected chi connectivity index (χ4v) is 3.60. The average Bonchev–Trinajstić information content (AvgIpc) is 2.81. The summed E-state index contributed by atoms with van der Waals surface area (Å²) in [5.41, 5.74) is 2.33. The first-order chi connectivity index (χ1) is 14.8. The number of hydrogen-bond donors (Lipinski definition) is 0. The minimum Gasteiger partial charge on any atom is -0.489 e. The Morgan fingerprint density at radius 3 is 2.03 bits per heavy atom. The molecule has 0 aromatic heterocycles. The van der Waals surface area contributed by atoms with Crippen LogP contribution in [0.1, 0.15) is 11.1 Å². The van der Waals surface area contributed by atoms with Crippen molar-refractivity contribution in [2.75, 3.05) is 26.3 Å². The normalized spacial score (nSPS) is 13.7. The number of hydrogen-bond acceptors (Lipinski definition) is 4. The second kappa shape index (κ2) is 10.2. The van der Waals surface area contributed by atoms with Crippen molar-refractivity contribution in [1.29, 1.82) is 0 Å². The van der Waals surface area contributed by atoms with E-state index >= 15 is 0 Å². The molecule has 1 aliphatic heterocycles. The maximum Gasteiger partial charge on any atom is 0.127 e. The lowest BCUT2D eigenvalue weighted by Crippen LogP contribution is -2.40. The molecule has 5 heteroatoms. The smallest absolute Gasteiger partial charge is 0.127 e. The van der Waals surface area contributed by atoms with Gasteiger partial charge in [0.2, 0.25) is 0 Å². The summed E-state index contributed by atoms with van der Waals surface area (Å²) in [4.78, 5) is 3.20. The number of nitrogens with zero attached hydrogens (tertiary/aromatic N) is 1. The molecule has 1 saturated heterocycles. The highest BCUT2D eigenvalue weighted by atomic mass is 32.1. The molecule has 1 heterocycles. The lowest BCUT2D eigenvalue weighted by Gasteiger charge is -2.29. The summed E-state index contributed by atoms with van der Waals surface area (Å²) in [6.45, 7) is 3.82. The van der Waals surface area contributed by atoms with Crippen molar-refractivity contribution in [3.63, 3.8) is 0 Å². The van der Waals surface area contributed by atoms with Gasteiger partial charge in [-0.1, -0.05) is 54.7 Å². The molecular weight excluding hydrogens is 394 g/mol. The van der Waals surface area contributed by atoms with Crippen LogP contribution in [0.5, 0.6) is 17.2 Å². The summed E-state index contributed by atoms with van der Waals surface area (Å²) in [6.07, 6.45) is 0.767. The zero-order valence-electron chi connectivity index (χ0n) is 16.8. The van der Waals surface area contributed by atoms with E-state index in [0.717, 1.165) is 60.5 Å². The van der Waals surface area contributed by atoms with Crippen LogP contribution in [-0.2, 0) is 17.8 Å². The Morgan fingerprint density at radius 2 is 1.37 bits per heavy atom. The molecule has 0 amide bonds. The van der Waals surface area contributed by atoms with Gasteiger partial charge in [-0.15, -0.1) is 0 Å². The lowest BCUT2D eigenvalue weighted by atomic mass is 10.1. The van der Waals surface area contributed by atoms with Crippen LogP contribution in [0.15, 0.2) is 78.9 Å². The van der Waals surface area contributed by atoms with Crippen LogP contribution >= 0.6 is 12.2 Å². The molecule has 3 aromatic carbocycles. The lowest BCUT2D eigenvalue weighted by molar-refractivity contribution is 0.0685. The van der Waals surface area contributed by atoms with Crippen LogP contribution in [0.4, 0.5) is 0 Å². The minimum atomic E-state index is 0.550. The number of rotatable bonds is 7. The van der Waals surface area contributed by atoms with Crippen LogP contribution in [-0.4, -0.2) is 36.2 Å². The molecule has 3 aromatic rings. The van der Waals surface area contributed by atoms with Crippen LogP contribution in [0.25, 0.3) is 0 Å². The van der Waals surface area contributed by atoms with Crippen LogP contribution in [0, 0.1) is 0 Å². The van der Waals surface area contributed by atoms with Crippen molar-refractivity contribution in [3.05, 3.63) is 90.0 Å². The number of morpholine rings is 1. The molecule has 4 nitrogen and oxygen atoms in total. The molecule has 0 unspecified atom stereocenters. The van der Waals surface area contributed by atoms with E-state index < -0.39 is 0 Å². The predicted octanol–water partition coefficient (Wildman–Crippen LogP) is 5.26. The van der Waals surface area contributed by atoms with Crippen molar-refractivity contribution in [2.45, 2.75) is 13.0 Å². The van der Waals surface area contributed by atoms with Gasteiger partial charge in [0, 0.05) is 19.5 Å². The van der Waals surface area contributed by atoms with E-state index in [4.69, 9.17) is 26.4 Å². The van der Waals surface area contributed by atoms with Gasteiger partial charge in [-0.05, 0) is 47.5 Å². The monoisotopic (exact) mass is 419 g/mol. The summed E-state index contributed by atoms with van der Waals surface area (Å²) in [6, 6.07) is 25.9. The maximum atomic E-state index is 5.96. The highest BCUT2D eigenvalue weighted by Crippen LogP contribution is 2.25. The number of ether oxygens (including phenoxy) is 3. The highest BCUT2D eigenvalue weighted by Gasteiger charge is 2.13. The summed E-state index contributed by atoms with van der Waals surface area (Å²) >= 11 is 5.59. The fraction of sp³-hybridized carbons (Fsp3) is 0.240. The molecule has 0 aliphatic carbocycles. The third-order valence-corrected chi connectivity index (χ3v) is 5.35. The molecule has 4 rings (SSSR count). The van der Waals surface area contributed by atoms with Gasteiger partial charge in [-0.2, -0.15) is 0 Å². The van der Waals surface area contributed by atoms with Crippen LogP contribution in [0.3, 0.4) is 0 Å². The van der Waals surface area contributed by atoms with Crippen molar-refractivity contribution < 1.29 is 14.2 Å². The maximum absolute atomic E-state index is 5.96. The van der Waals surface area contributed by atoms with Crippen molar-refractivity contribution in [1.82, 2.24) is 4.90 Å². The predicted molar refractivity (Wildman–Crippen MR) is 122 cm³/mol. The van der Waals surface area contributed by atoms with Crippen molar-refractivity contribution >= 4 is 17.2 Å². The molecule has 0 N–H and O–H groups in total. The Hall–Kier alpha value is -2.89. The molecule has 154 valence electrons. The van der Waals surface area contributed by atoms with Gasteiger partial charge in [0.25, 0.3) is 0 Å². The molecule has 0 radical (unpaired) electrons. The van der Waals surface area contributed by atoms with E-state index in [0.29, 0.717) is 6.61 Å². The van der Waals surface area contributed by atoms with E-state index in [2.05, 4.69) is 29.2 Å². The third-order valence-electron chi connectivity index (χ3n) is 4.95. The standard InChI is InChI=1S/C25H25NO3S/c30-25(26-14-16-27-17-15-26)18-20-6-8-23(9-7-20)29-24-12-10-22(11-13-24)28-19-21-4-2-1-3-5-21/h1-13H,14-19H2. The molecule has 0 spiro atoms. The molecule has 1 fully saturated rings. The molecule has 0 saturated carbocycles. The van der Waals surface area contributed by atoms with Gasteiger partial charge in [0.15, 0.2) is 0 Å². The van der Waals surface area contributed by atoms with Gasteiger partial charge in [0.1, 0.15) is 23.9 Å². The Bertz CT molecular complexity index is 936. The van der Waals surface area contributed by atoms with Crippen molar-refractivity contribution in [3.8, 4) is 17.2 Å². The van der Waals surface area contributed by atoms with E-state index in [-0.39, 0.29) is 0 Å². The van der Waals surface area contributed by atoms with E-state index in [9.17, 15) is 0 Å². The minimum absolute atomic E-state index is 0.550. The third kappa shape index (κ3) is 5.81. The topological polar surface area (TPSA) is 30.9 Å². The number of thiocarbonyl (C=S) groups is 1. The average molecular weight is 420 g/mol. The zero-order valence-corrected chi connectivity index (χ0v) is 17.6. The molecule has 1 aliphatic rings. The Balaban J connectivity index is 1.28. The SMILES string of the molecule is S=C(Cc1ccc(Oc2ccc(OCc3ccccc3)cc2)cc1)N1CCOCC1. The summed E-state index contributed by atoms with van der Waals surface area (Å²) in [7, 11) is 0. The summed E-state index contributed by atoms with van der Waals surface area (Å²) < 4.78 is 17.2. The first-order valence-corrected chi connectivity index (χ1v) is 10.6. The second-order valence-electron chi connectivity index (χ2n) is 7.16. The van der Waals surface area contributed by atoms with E-state index in [1.165, 1.54) is 5.56 Å². The van der Waals surface area contributed by atoms with Crippen LogP contribution < -0.4 is 9.47 Å². The van der Waals surface area contributed by atoms with Gasteiger partial charge in [0.05, 0.1) is 18.2 Å². The largest absolute Gasteiger partial charge is 0.489 e. The zero-order chi connectivity index (χ0) is 20.6. The fourth-order valence-electron chi connectivity index (χ4n) is 3.26. The Labute approximate surface area is 183 Å². The van der Waals surface area contributed by atoms with E-state index in [1.807, 2.05) is 54.6 Å². The quantitative estimate of drug-likeness (QED) is 0.488. The summed E-state index contributed by atoms with van der Waals surface area (Å²) in [5, 5.41) is 0. The number of benzene rings is 3. The summed E-state index contributed by atoms with van der Waals surface area (Å²) in [5.74, 6) is 2.39. The van der Waals surface area contributed by atoms with Gasteiger partial charge < -0.3 is 19.1 Å². The van der Waals surface area contributed by atoms with Crippen LogP contribution in [0.2, 0.25) is 0 Å². The molecular formula is C25H25NO3S. The van der Waals surface area contributed by atoms with Gasteiger partial charge >= 0.3 is 0 Å². The second-order valence-corrected chi connectivity index (χ2v) is 7.63. The highest BCUT2D eigenvalue weighted by molar-refractivity contribution is 7.80. The Morgan fingerprint density at radius 1 is 0.767 bits per heavy atom. The first-order valence-electron chi connectivity index (χ1n) is 10.2. The van der Waals surface area contributed by atoms with Gasteiger partial charge in [-0.25, -0.2) is 0 Å². The first kappa shape index (κ1) is 20.4. The van der Waals surface area contributed by atoms with Gasteiger partial charge in [-0.3, -0.25) is 0 Å². The Kier molecular flexibility index (Phi) is 6.95. The van der Waals surface area contributed by atoms with E-state index in [1.54, 1.807) is 0 Å². The molecule has 30 heavy (non-hydrogen) atoms. The molecule has 0 bridgehead atoms. The van der Waals surface area contributed by atoms with Crippen molar-refractivity contribution in [2.24, 2.45) is 0 Å². The molecule has 0 atom stereocenters.